The standard InChI is InChI=1S/C15H19NO4/c1-2-12-10-16(5-6-18-12)15(17)11-3-4-13-14(9-11)20-8-7-19-13/h3-4,9,12H,2,5-8,10H2,1H3. The fourth-order valence-electron chi connectivity index (χ4n) is 2.51. The number of ether oxygens (including phenoxy) is 3. The molecule has 0 N–H and O–H groups in total. The molecule has 1 unspecified atom stereocenters. The summed E-state index contributed by atoms with van der Waals surface area (Å²) in [5.41, 5.74) is 0.644. The van der Waals surface area contributed by atoms with E-state index in [0.717, 1.165) is 6.42 Å². The van der Waals surface area contributed by atoms with Gasteiger partial charge in [-0.2, -0.15) is 0 Å². The summed E-state index contributed by atoms with van der Waals surface area (Å²) in [5, 5.41) is 0. The zero-order valence-electron chi connectivity index (χ0n) is 11.6. The maximum absolute atomic E-state index is 12.5. The van der Waals surface area contributed by atoms with Gasteiger partial charge in [0, 0.05) is 18.7 Å². The summed E-state index contributed by atoms with van der Waals surface area (Å²) in [4.78, 5) is 14.4. The number of hydrogen-bond donors (Lipinski definition) is 0. The van der Waals surface area contributed by atoms with Crippen molar-refractivity contribution in [1.29, 1.82) is 0 Å². The smallest absolute Gasteiger partial charge is 0.254 e. The van der Waals surface area contributed by atoms with E-state index in [1.807, 2.05) is 4.90 Å². The van der Waals surface area contributed by atoms with E-state index in [0.29, 0.717) is 50.0 Å². The molecule has 108 valence electrons. The number of rotatable bonds is 2. The summed E-state index contributed by atoms with van der Waals surface area (Å²) in [6.07, 6.45) is 1.06. The van der Waals surface area contributed by atoms with E-state index in [9.17, 15) is 4.79 Å². The second-order valence-corrected chi connectivity index (χ2v) is 5.01. The SMILES string of the molecule is CCC1CN(C(=O)c2ccc3c(c2)OCCO3)CCO1. The van der Waals surface area contributed by atoms with Gasteiger partial charge in [0.15, 0.2) is 11.5 Å². The van der Waals surface area contributed by atoms with Crippen LogP contribution in [0.5, 0.6) is 11.5 Å². The van der Waals surface area contributed by atoms with Gasteiger partial charge in [0.2, 0.25) is 0 Å². The Kier molecular flexibility index (Phi) is 3.78. The zero-order valence-corrected chi connectivity index (χ0v) is 11.6. The lowest BCUT2D eigenvalue weighted by molar-refractivity contribution is -0.0226. The largest absolute Gasteiger partial charge is 0.486 e. The Balaban J connectivity index is 1.76. The molecule has 1 aromatic rings. The summed E-state index contributed by atoms with van der Waals surface area (Å²) in [7, 11) is 0. The molecule has 0 aromatic heterocycles. The molecule has 20 heavy (non-hydrogen) atoms. The fraction of sp³-hybridized carbons (Fsp3) is 0.533. The van der Waals surface area contributed by atoms with Crippen LogP contribution in [0.1, 0.15) is 23.7 Å². The number of benzene rings is 1. The Bertz CT molecular complexity index is 503. The molecule has 2 aliphatic heterocycles. The predicted molar refractivity (Wildman–Crippen MR) is 73.4 cm³/mol. The average Bonchev–Trinajstić information content (AvgIpc) is 2.53. The molecule has 1 saturated heterocycles. The van der Waals surface area contributed by atoms with Gasteiger partial charge in [-0.3, -0.25) is 4.79 Å². The number of morpholine rings is 1. The van der Waals surface area contributed by atoms with Gasteiger partial charge in [0.1, 0.15) is 13.2 Å². The van der Waals surface area contributed by atoms with Crippen molar-refractivity contribution in [3.8, 4) is 11.5 Å². The van der Waals surface area contributed by atoms with E-state index in [-0.39, 0.29) is 12.0 Å². The molecule has 1 aromatic carbocycles. The average molecular weight is 277 g/mol. The van der Waals surface area contributed by atoms with Gasteiger partial charge in [-0.1, -0.05) is 6.92 Å². The topological polar surface area (TPSA) is 48.0 Å². The van der Waals surface area contributed by atoms with Crippen molar-refractivity contribution in [3.63, 3.8) is 0 Å². The molecule has 0 spiro atoms. The lowest BCUT2D eigenvalue weighted by atomic mass is 10.1. The van der Waals surface area contributed by atoms with Crippen LogP contribution in [0, 0.1) is 0 Å². The van der Waals surface area contributed by atoms with Crippen LogP contribution in [0.15, 0.2) is 18.2 Å². The predicted octanol–water partition coefficient (Wildman–Crippen LogP) is 1.71. The highest BCUT2D eigenvalue weighted by molar-refractivity contribution is 5.95. The summed E-state index contributed by atoms with van der Waals surface area (Å²) in [6, 6.07) is 5.37. The summed E-state index contributed by atoms with van der Waals surface area (Å²) >= 11 is 0. The van der Waals surface area contributed by atoms with Gasteiger partial charge in [-0.05, 0) is 24.6 Å². The number of carbonyl (C=O) groups is 1. The monoisotopic (exact) mass is 277 g/mol. The highest BCUT2D eigenvalue weighted by Gasteiger charge is 2.25. The summed E-state index contributed by atoms with van der Waals surface area (Å²) < 4.78 is 16.6. The molecule has 1 amide bonds. The van der Waals surface area contributed by atoms with Crippen molar-refractivity contribution in [3.05, 3.63) is 23.8 Å². The van der Waals surface area contributed by atoms with E-state index < -0.39 is 0 Å². The Morgan fingerprint density at radius 1 is 1.25 bits per heavy atom. The quantitative estimate of drug-likeness (QED) is 0.825. The number of hydrogen-bond acceptors (Lipinski definition) is 4. The third kappa shape index (κ3) is 2.58. The van der Waals surface area contributed by atoms with Crippen molar-refractivity contribution in [2.24, 2.45) is 0 Å². The van der Waals surface area contributed by atoms with Crippen LogP contribution in [0.3, 0.4) is 0 Å². The van der Waals surface area contributed by atoms with Crippen molar-refractivity contribution < 1.29 is 19.0 Å². The van der Waals surface area contributed by atoms with Crippen molar-refractivity contribution in [2.45, 2.75) is 19.4 Å². The van der Waals surface area contributed by atoms with Gasteiger partial charge in [0.05, 0.1) is 12.7 Å². The lowest BCUT2D eigenvalue weighted by Gasteiger charge is -2.32. The minimum atomic E-state index is 0.0312. The maximum atomic E-state index is 12.5. The van der Waals surface area contributed by atoms with Crippen LogP contribution in [-0.2, 0) is 4.74 Å². The maximum Gasteiger partial charge on any atom is 0.254 e. The Hall–Kier alpha value is -1.75. The number of carbonyl (C=O) groups excluding carboxylic acids is 1. The molecular weight excluding hydrogens is 258 g/mol. The van der Waals surface area contributed by atoms with E-state index in [2.05, 4.69) is 6.92 Å². The van der Waals surface area contributed by atoms with Crippen LogP contribution in [-0.4, -0.2) is 49.8 Å². The van der Waals surface area contributed by atoms with Crippen molar-refractivity contribution >= 4 is 5.91 Å². The first-order chi connectivity index (χ1) is 9.78. The summed E-state index contributed by atoms with van der Waals surface area (Å²) in [6.45, 7) is 5.06. The molecule has 0 bridgehead atoms. The third-order valence-electron chi connectivity index (χ3n) is 3.67. The van der Waals surface area contributed by atoms with E-state index in [1.165, 1.54) is 0 Å². The number of nitrogens with zero attached hydrogens (tertiary/aromatic N) is 1. The Morgan fingerprint density at radius 2 is 2.05 bits per heavy atom. The number of amides is 1. The van der Waals surface area contributed by atoms with Gasteiger partial charge in [-0.15, -0.1) is 0 Å². The van der Waals surface area contributed by atoms with E-state index in [4.69, 9.17) is 14.2 Å². The summed E-state index contributed by atoms with van der Waals surface area (Å²) in [5.74, 6) is 1.40. The molecular formula is C15H19NO4. The second-order valence-electron chi connectivity index (χ2n) is 5.01. The Morgan fingerprint density at radius 3 is 2.85 bits per heavy atom. The molecule has 0 aliphatic carbocycles. The first-order valence-corrected chi connectivity index (χ1v) is 7.08. The first-order valence-electron chi connectivity index (χ1n) is 7.08. The number of fused-ring (bicyclic) bond motifs is 1. The molecule has 2 aliphatic rings. The lowest BCUT2D eigenvalue weighted by Crippen LogP contribution is -2.45. The molecule has 5 heteroatoms. The van der Waals surface area contributed by atoms with Crippen molar-refractivity contribution in [2.75, 3.05) is 32.9 Å². The zero-order chi connectivity index (χ0) is 13.9. The molecule has 1 atom stereocenters. The van der Waals surface area contributed by atoms with Gasteiger partial charge in [-0.25, -0.2) is 0 Å². The van der Waals surface area contributed by atoms with Gasteiger partial charge in [0.25, 0.3) is 5.91 Å². The minimum absolute atomic E-state index is 0.0312. The highest BCUT2D eigenvalue weighted by atomic mass is 16.6. The van der Waals surface area contributed by atoms with Gasteiger partial charge < -0.3 is 19.1 Å². The molecule has 0 radical (unpaired) electrons. The van der Waals surface area contributed by atoms with Crippen LogP contribution >= 0.6 is 0 Å². The second kappa shape index (κ2) is 5.71. The third-order valence-corrected chi connectivity index (χ3v) is 3.67. The minimum Gasteiger partial charge on any atom is -0.486 e. The Labute approximate surface area is 118 Å². The normalized spacial score (nSPS) is 21.6. The molecule has 2 heterocycles. The van der Waals surface area contributed by atoms with Crippen LogP contribution < -0.4 is 9.47 Å². The van der Waals surface area contributed by atoms with Crippen LogP contribution in [0.4, 0.5) is 0 Å². The molecule has 3 rings (SSSR count). The van der Waals surface area contributed by atoms with Crippen molar-refractivity contribution in [1.82, 2.24) is 4.90 Å². The highest BCUT2D eigenvalue weighted by Crippen LogP contribution is 2.31. The van der Waals surface area contributed by atoms with E-state index >= 15 is 0 Å². The molecule has 5 nitrogen and oxygen atoms in total. The molecule has 1 fully saturated rings. The van der Waals surface area contributed by atoms with Crippen LogP contribution in [0.2, 0.25) is 0 Å². The molecule has 0 saturated carbocycles. The van der Waals surface area contributed by atoms with E-state index in [1.54, 1.807) is 18.2 Å². The van der Waals surface area contributed by atoms with Gasteiger partial charge >= 0.3 is 0 Å². The van der Waals surface area contributed by atoms with Crippen LogP contribution in [0.25, 0.3) is 0 Å². The first kappa shape index (κ1) is 13.2. The fourth-order valence-corrected chi connectivity index (χ4v) is 2.51.